The zero-order chi connectivity index (χ0) is 30.2. The van der Waals surface area contributed by atoms with Crippen molar-refractivity contribution in [1.29, 1.82) is 0 Å². The predicted molar refractivity (Wildman–Crippen MR) is 137 cm³/mol. The van der Waals surface area contributed by atoms with Gasteiger partial charge in [0.1, 0.15) is 11.9 Å². The number of halogens is 6. The van der Waals surface area contributed by atoms with Crippen LogP contribution in [0.4, 0.5) is 43.7 Å². The molecule has 2 heterocycles. The standard InChI is InChI=1S/C25H23F6N7O3/c1-10(2)36-23-24(40)38(15(8-35-23)11-5-12(25(29,30)31)7-13(32)6-11)9-16(39)34-4-3-14-18(26)20(28)17-21(19(14)27)41-37-22(17)33/h5-8,10H,3-4,9,32H2,1-2H3,(H2,33,37)(H,34,39)(H,35,36). The van der Waals surface area contributed by atoms with Crippen molar-refractivity contribution in [2.24, 2.45) is 0 Å². The summed E-state index contributed by atoms with van der Waals surface area (Å²) < 4.78 is 89.3. The monoisotopic (exact) mass is 583 g/mol. The van der Waals surface area contributed by atoms with Crippen molar-refractivity contribution in [3.63, 3.8) is 0 Å². The minimum Gasteiger partial charge on any atom is -0.399 e. The first-order chi connectivity index (χ1) is 19.2. The van der Waals surface area contributed by atoms with Crippen molar-refractivity contribution in [2.45, 2.75) is 39.0 Å². The Kier molecular flexibility index (Phi) is 7.85. The van der Waals surface area contributed by atoms with E-state index in [9.17, 15) is 35.9 Å². The highest BCUT2D eigenvalue weighted by atomic mass is 19.4. The summed E-state index contributed by atoms with van der Waals surface area (Å²) in [6, 6.07) is 2.40. The second-order valence-corrected chi connectivity index (χ2v) is 9.32. The van der Waals surface area contributed by atoms with E-state index in [1.54, 1.807) is 13.8 Å². The van der Waals surface area contributed by atoms with Gasteiger partial charge in [0.15, 0.2) is 29.1 Å². The highest BCUT2D eigenvalue weighted by Gasteiger charge is 2.32. The van der Waals surface area contributed by atoms with Crippen LogP contribution in [0.15, 0.2) is 33.7 Å². The van der Waals surface area contributed by atoms with Gasteiger partial charge in [-0.25, -0.2) is 18.2 Å². The molecule has 4 aromatic rings. The number of amides is 1. The fourth-order valence-corrected chi connectivity index (χ4v) is 4.10. The first kappa shape index (κ1) is 29.2. The Balaban J connectivity index is 1.62. The Morgan fingerprint density at radius 1 is 1.10 bits per heavy atom. The van der Waals surface area contributed by atoms with Crippen LogP contribution in [0, 0.1) is 17.5 Å². The van der Waals surface area contributed by atoms with E-state index in [1.165, 1.54) is 6.07 Å². The highest BCUT2D eigenvalue weighted by Crippen LogP contribution is 2.34. The number of benzene rings is 2. The van der Waals surface area contributed by atoms with Crippen LogP contribution in [-0.2, 0) is 23.9 Å². The van der Waals surface area contributed by atoms with Crippen molar-refractivity contribution in [2.75, 3.05) is 23.3 Å². The van der Waals surface area contributed by atoms with Crippen LogP contribution in [0.5, 0.6) is 0 Å². The minimum atomic E-state index is -4.75. The first-order valence-corrected chi connectivity index (χ1v) is 12.0. The first-order valence-electron chi connectivity index (χ1n) is 12.0. The van der Waals surface area contributed by atoms with Crippen molar-refractivity contribution >= 4 is 34.2 Å². The van der Waals surface area contributed by atoms with E-state index < -0.39 is 82.5 Å². The summed E-state index contributed by atoms with van der Waals surface area (Å²) in [5.41, 5.74) is 7.18. The van der Waals surface area contributed by atoms with Gasteiger partial charge in [-0.05, 0) is 38.5 Å². The van der Waals surface area contributed by atoms with E-state index in [0.29, 0.717) is 6.07 Å². The highest BCUT2D eigenvalue weighted by molar-refractivity contribution is 5.88. The number of hydrogen-bond acceptors (Lipinski definition) is 8. The maximum Gasteiger partial charge on any atom is 0.416 e. The number of nitrogen functional groups attached to an aromatic ring is 2. The molecule has 2 aromatic carbocycles. The molecule has 0 atom stereocenters. The molecule has 0 radical (unpaired) electrons. The number of alkyl halides is 3. The van der Waals surface area contributed by atoms with Gasteiger partial charge in [0, 0.05) is 29.4 Å². The zero-order valence-electron chi connectivity index (χ0n) is 21.5. The molecule has 10 nitrogen and oxygen atoms in total. The lowest BCUT2D eigenvalue weighted by Crippen LogP contribution is -2.36. The summed E-state index contributed by atoms with van der Waals surface area (Å²) >= 11 is 0. The van der Waals surface area contributed by atoms with E-state index in [4.69, 9.17) is 11.5 Å². The molecule has 0 aliphatic rings. The van der Waals surface area contributed by atoms with E-state index in [0.717, 1.165) is 16.8 Å². The number of nitrogens with two attached hydrogens (primary N) is 2. The molecule has 16 heteroatoms. The molecular formula is C25H23F6N7O3. The third-order valence-electron chi connectivity index (χ3n) is 5.92. The molecule has 0 unspecified atom stereocenters. The second-order valence-electron chi connectivity index (χ2n) is 9.32. The number of carbonyl (C=O) groups excluding carboxylic acids is 1. The van der Waals surface area contributed by atoms with Crippen molar-refractivity contribution in [3.05, 3.63) is 63.3 Å². The van der Waals surface area contributed by atoms with E-state index in [2.05, 4.69) is 25.3 Å². The van der Waals surface area contributed by atoms with Gasteiger partial charge in [-0.1, -0.05) is 5.16 Å². The average Bonchev–Trinajstić information content (AvgIpc) is 3.27. The van der Waals surface area contributed by atoms with Crippen LogP contribution in [0.2, 0.25) is 0 Å². The Morgan fingerprint density at radius 2 is 1.80 bits per heavy atom. The van der Waals surface area contributed by atoms with Crippen LogP contribution in [0.3, 0.4) is 0 Å². The zero-order valence-corrected chi connectivity index (χ0v) is 21.5. The lowest BCUT2D eigenvalue weighted by Gasteiger charge is -2.17. The fourth-order valence-electron chi connectivity index (χ4n) is 4.10. The largest absolute Gasteiger partial charge is 0.416 e. The smallest absolute Gasteiger partial charge is 0.399 e. The lowest BCUT2D eigenvalue weighted by atomic mass is 10.1. The Labute approximate surface area is 227 Å². The van der Waals surface area contributed by atoms with Crippen LogP contribution in [-0.4, -0.2) is 33.2 Å². The topological polar surface area (TPSA) is 154 Å². The van der Waals surface area contributed by atoms with Crippen molar-refractivity contribution in [3.8, 4) is 11.3 Å². The second kappa shape index (κ2) is 11.0. The number of carbonyl (C=O) groups is 1. The molecule has 6 N–H and O–H groups in total. The Morgan fingerprint density at radius 3 is 2.46 bits per heavy atom. The average molecular weight is 583 g/mol. The van der Waals surface area contributed by atoms with E-state index >= 15 is 0 Å². The van der Waals surface area contributed by atoms with Gasteiger partial charge >= 0.3 is 6.18 Å². The molecule has 0 saturated carbocycles. The van der Waals surface area contributed by atoms with Gasteiger partial charge in [-0.3, -0.25) is 14.2 Å². The van der Waals surface area contributed by atoms with Gasteiger partial charge in [0.2, 0.25) is 11.5 Å². The van der Waals surface area contributed by atoms with E-state index in [-0.39, 0.29) is 28.8 Å². The van der Waals surface area contributed by atoms with Crippen LogP contribution >= 0.6 is 0 Å². The lowest BCUT2D eigenvalue weighted by molar-refractivity contribution is -0.137. The number of nitrogens with one attached hydrogen (secondary N) is 2. The van der Waals surface area contributed by atoms with Gasteiger partial charge in [0.05, 0.1) is 17.5 Å². The fraction of sp³-hybridized carbons (Fsp3) is 0.280. The van der Waals surface area contributed by atoms with Crippen molar-refractivity contribution in [1.82, 2.24) is 20.0 Å². The molecule has 0 saturated heterocycles. The molecule has 4 rings (SSSR count). The maximum absolute atomic E-state index is 14.7. The summed E-state index contributed by atoms with van der Waals surface area (Å²) in [6.45, 7) is 2.30. The van der Waals surface area contributed by atoms with Gasteiger partial charge < -0.3 is 26.6 Å². The molecule has 2 aromatic heterocycles. The summed E-state index contributed by atoms with van der Waals surface area (Å²) in [5.74, 6) is -5.82. The predicted octanol–water partition coefficient (Wildman–Crippen LogP) is 3.83. The third kappa shape index (κ3) is 5.90. The van der Waals surface area contributed by atoms with Crippen LogP contribution < -0.4 is 27.7 Å². The Hall–Kier alpha value is -4.76. The molecule has 0 aliphatic carbocycles. The van der Waals surface area contributed by atoms with Gasteiger partial charge in [-0.2, -0.15) is 13.2 Å². The van der Waals surface area contributed by atoms with Crippen LogP contribution in [0.1, 0.15) is 25.0 Å². The number of hydrogen-bond donors (Lipinski definition) is 4. The van der Waals surface area contributed by atoms with Gasteiger partial charge in [0.25, 0.3) is 5.56 Å². The summed E-state index contributed by atoms with van der Waals surface area (Å²) in [6.07, 6.45) is -4.16. The molecule has 0 fully saturated rings. The molecule has 218 valence electrons. The SMILES string of the molecule is CC(C)Nc1ncc(-c2cc(N)cc(C(F)(F)F)c2)n(CC(=O)NCCc2c(F)c(F)c3c(N)noc3c2F)c1=O. The molecular weight excluding hydrogens is 560 g/mol. The van der Waals surface area contributed by atoms with Crippen molar-refractivity contribution < 1.29 is 35.7 Å². The third-order valence-corrected chi connectivity index (χ3v) is 5.92. The molecule has 1 amide bonds. The number of aromatic nitrogens is 3. The molecule has 0 bridgehead atoms. The maximum atomic E-state index is 14.7. The minimum absolute atomic E-state index is 0.134. The summed E-state index contributed by atoms with van der Waals surface area (Å²) in [4.78, 5) is 30.0. The molecule has 41 heavy (non-hydrogen) atoms. The number of fused-ring (bicyclic) bond motifs is 1. The number of anilines is 3. The molecule has 0 spiro atoms. The normalized spacial score (nSPS) is 11.8. The van der Waals surface area contributed by atoms with E-state index in [1.807, 2.05) is 0 Å². The number of nitrogens with zero attached hydrogens (tertiary/aromatic N) is 3. The molecule has 0 aliphatic heterocycles. The summed E-state index contributed by atoms with van der Waals surface area (Å²) in [5, 5.41) is 7.70. The number of rotatable bonds is 8. The van der Waals surface area contributed by atoms with Crippen LogP contribution in [0.25, 0.3) is 22.2 Å². The summed E-state index contributed by atoms with van der Waals surface area (Å²) in [7, 11) is 0. The van der Waals surface area contributed by atoms with Gasteiger partial charge in [-0.15, -0.1) is 0 Å². The Bertz CT molecular complexity index is 1700. The quantitative estimate of drug-likeness (QED) is 0.139.